The van der Waals surface area contributed by atoms with Gasteiger partial charge in [0.15, 0.2) is 0 Å². The predicted octanol–water partition coefficient (Wildman–Crippen LogP) is 2.89. The number of halogens is 1. The first-order valence-electron chi connectivity index (χ1n) is 9.64. The third-order valence-corrected chi connectivity index (χ3v) is 4.84. The van der Waals surface area contributed by atoms with Gasteiger partial charge in [0.1, 0.15) is 18.0 Å². The van der Waals surface area contributed by atoms with Crippen LogP contribution < -0.4 is 5.32 Å². The Morgan fingerprint density at radius 2 is 2.26 bits per heavy atom. The summed E-state index contributed by atoms with van der Waals surface area (Å²) in [6.07, 6.45) is 2.62. The molecule has 2 heterocycles. The summed E-state index contributed by atoms with van der Waals surface area (Å²) in [6.45, 7) is 2.96. The molecule has 0 saturated carbocycles. The van der Waals surface area contributed by atoms with Crippen LogP contribution in [0.25, 0.3) is 11.3 Å². The zero-order valence-corrected chi connectivity index (χ0v) is 17.6. The molecule has 0 aliphatic carbocycles. The van der Waals surface area contributed by atoms with Crippen LogP contribution in [-0.2, 0) is 16.1 Å². The van der Waals surface area contributed by atoms with Crippen molar-refractivity contribution < 1.29 is 14.3 Å². The van der Waals surface area contributed by atoms with Gasteiger partial charge in [-0.15, -0.1) is 0 Å². The summed E-state index contributed by atoms with van der Waals surface area (Å²) < 4.78 is 7.20. The second-order valence-corrected chi connectivity index (χ2v) is 7.11. The molecule has 10 heteroatoms. The molecule has 31 heavy (non-hydrogen) atoms. The molecule has 0 bridgehead atoms. The normalized spacial score (nSPS) is 11.6. The minimum Gasteiger partial charge on any atom is -0.372 e. The predicted molar refractivity (Wildman–Crippen MR) is 113 cm³/mol. The monoisotopic (exact) mass is 440 g/mol. The number of amides is 1. The summed E-state index contributed by atoms with van der Waals surface area (Å²) in [5.41, 5.74) is 2.86. The van der Waals surface area contributed by atoms with E-state index in [1.54, 1.807) is 35.1 Å². The molecule has 9 nitrogen and oxygen atoms in total. The molecule has 1 amide bonds. The average molecular weight is 441 g/mol. The summed E-state index contributed by atoms with van der Waals surface area (Å²) in [5.74, 6) is -0.311. The Bertz CT molecular complexity index is 1100. The van der Waals surface area contributed by atoms with Gasteiger partial charge in [0.2, 0.25) is 0 Å². The molecule has 2 aromatic heterocycles. The van der Waals surface area contributed by atoms with Crippen LogP contribution in [0.2, 0.25) is 5.02 Å². The van der Waals surface area contributed by atoms with Gasteiger partial charge in [-0.1, -0.05) is 17.7 Å². The Morgan fingerprint density at radius 1 is 1.42 bits per heavy atom. The van der Waals surface area contributed by atoms with E-state index in [-0.39, 0.29) is 17.7 Å². The van der Waals surface area contributed by atoms with Crippen molar-refractivity contribution in [3.63, 3.8) is 0 Å². The van der Waals surface area contributed by atoms with Crippen LogP contribution in [0.4, 0.5) is 0 Å². The smallest absolute Gasteiger partial charge is 0.271 e. The van der Waals surface area contributed by atoms with Crippen molar-refractivity contribution in [3.8, 4) is 17.3 Å². The molecule has 1 aromatic carbocycles. The number of nitrogens with zero attached hydrogens (tertiary/aromatic N) is 4. The van der Waals surface area contributed by atoms with Gasteiger partial charge in [0.05, 0.1) is 41.2 Å². The number of hydrogen-bond acceptors (Lipinski definition) is 6. The maximum Gasteiger partial charge on any atom is 0.271 e. The van der Waals surface area contributed by atoms with E-state index in [9.17, 15) is 9.59 Å². The first kappa shape index (κ1) is 22.2. The van der Waals surface area contributed by atoms with Crippen molar-refractivity contribution in [1.29, 1.82) is 5.26 Å². The van der Waals surface area contributed by atoms with Gasteiger partial charge in [0, 0.05) is 24.7 Å². The van der Waals surface area contributed by atoms with Crippen molar-refractivity contribution in [2.45, 2.75) is 26.0 Å². The lowest BCUT2D eigenvalue weighted by molar-refractivity contribution is -0.109. The summed E-state index contributed by atoms with van der Waals surface area (Å²) >= 11 is 6.08. The number of H-pyrrole nitrogens is 1. The molecule has 0 spiro atoms. The quantitative estimate of drug-likeness (QED) is 0.368. The lowest BCUT2D eigenvalue weighted by Gasteiger charge is -2.08. The minimum absolute atomic E-state index is 0.259. The van der Waals surface area contributed by atoms with Gasteiger partial charge in [0.25, 0.3) is 5.91 Å². The number of ether oxygens (including phenoxy) is 1. The number of carbonyl (C=O) groups excluding carboxylic acids is 2. The van der Waals surface area contributed by atoms with Gasteiger partial charge in [-0.25, -0.2) is 0 Å². The maximum atomic E-state index is 12.3. The van der Waals surface area contributed by atoms with Crippen molar-refractivity contribution in [2.75, 3.05) is 13.2 Å². The molecule has 0 aliphatic rings. The van der Waals surface area contributed by atoms with Gasteiger partial charge in [-0.2, -0.15) is 15.5 Å². The van der Waals surface area contributed by atoms with Crippen LogP contribution in [0.1, 0.15) is 41.2 Å². The molecular formula is C21H21ClN6O3. The molecule has 2 N–H and O–H groups in total. The van der Waals surface area contributed by atoms with Crippen LogP contribution >= 0.6 is 11.6 Å². The van der Waals surface area contributed by atoms with Gasteiger partial charge in [-0.05, 0) is 31.2 Å². The van der Waals surface area contributed by atoms with Crippen molar-refractivity contribution in [2.24, 2.45) is 0 Å². The Hall–Kier alpha value is -3.48. The van der Waals surface area contributed by atoms with E-state index in [4.69, 9.17) is 21.6 Å². The standard InChI is InChI=1S/C21H21ClN6O3/c1-14(31-10-2-9-29)19-12-20(26-25-19)21(30)24-6-8-28-7-5-18(27-28)15-3-4-16(13-23)17(22)11-15/h3-5,7,9,11-12,14H,2,6,8,10H2,1H3,(H,24,30)(H,25,26). The van der Waals surface area contributed by atoms with Crippen molar-refractivity contribution in [3.05, 3.63) is 58.5 Å². The zero-order chi connectivity index (χ0) is 22.2. The van der Waals surface area contributed by atoms with Gasteiger partial charge < -0.3 is 14.8 Å². The highest BCUT2D eigenvalue weighted by molar-refractivity contribution is 6.32. The van der Waals surface area contributed by atoms with Crippen LogP contribution in [0.5, 0.6) is 0 Å². The third kappa shape index (κ3) is 5.78. The molecule has 0 fully saturated rings. The van der Waals surface area contributed by atoms with Crippen LogP contribution in [-0.4, -0.2) is 45.3 Å². The van der Waals surface area contributed by atoms with Crippen LogP contribution in [0.15, 0.2) is 36.5 Å². The minimum atomic E-state index is -0.311. The molecule has 3 rings (SSSR count). The lowest BCUT2D eigenvalue weighted by atomic mass is 10.1. The van der Waals surface area contributed by atoms with E-state index >= 15 is 0 Å². The van der Waals surface area contributed by atoms with E-state index in [0.717, 1.165) is 17.5 Å². The molecule has 0 saturated heterocycles. The first-order valence-corrected chi connectivity index (χ1v) is 10.0. The fourth-order valence-corrected chi connectivity index (χ4v) is 3.05. The van der Waals surface area contributed by atoms with E-state index in [1.165, 1.54) is 0 Å². The Balaban J connectivity index is 1.51. The fourth-order valence-electron chi connectivity index (χ4n) is 2.82. The Labute approximate surface area is 184 Å². The number of benzene rings is 1. The summed E-state index contributed by atoms with van der Waals surface area (Å²) in [5, 5.41) is 23.4. The van der Waals surface area contributed by atoms with Crippen LogP contribution in [0, 0.1) is 11.3 Å². The molecule has 3 aromatic rings. The SMILES string of the molecule is CC(OCCC=O)c1cc(C(=O)NCCn2ccc(-c3ccc(C#N)c(Cl)c3)n2)n[nH]1. The summed E-state index contributed by atoms with van der Waals surface area (Å²) in [6, 6.07) is 10.6. The fraction of sp³-hybridized carbons (Fsp3) is 0.286. The molecule has 0 aliphatic heterocycles. The summed E-state index contributed by atoms with van der Waals surface area (Å²) in [4.78, 5) is 22.7. The summed E-state index contributed by atoms with van der Waals surface area (Å²) in [7, 11) is 0. The molecule has 0 radical (unpaired) electrons. The third-order valence-electron chi connectivity index (χ3n) is 4.52. The van der Waals surface area contributed by atoms with E-state index < -0.39 is 0 Å². The molecular weight excluding hydrogens is 420 g/mol. The number of carbonyl (C=O) groups is 2. The number of nitriles is 1. The lowest BCUT2D eigenvalue weighted by Crippen LogP contribution is -2.27. The van der Waals surface area contributed by atoms with E-state index in [2.05, 4.69) is 20.6 Å². The number of aromatic amines is 1. The number of aldehydes is 1. The van der Waals surface area contributed by atoms with Gasteiger partial charge in [-0.3, -0.25) is 14.6 Å². The Kier molecular flexibility index (Phi) is 7.54. The average Bonchev–Trinajstić information content (AvgIpc) is 3.44. The largest absolute Gasteiger partial charge is 0.372 e. The number of nitrogens with one attached hydrogen (secondary N) is 2. The highest BCUT2D eigenvalue weighted by Gasteiger charge is 2.14. The molecule has 160 valence electrons. The number of rotatable bonds is 10. The molecule has 1 unspecified atom stereocenters. The topological polar surface area (TPSA) is 126 Å². The van der Waals surface area contributed by atoms with Gasteiger partial charge >= 0.3 is 0 Å². The van der Waals surface area contributed by atoms with E-state index in [1.807, 2.05) is 19.1 Å². The zero-order valence-electron chi connectivity index (χ0n) is 16.8. The number of hydrogen-bond donors (Lipinski definition) is 2. The van der Waals surface area contributed by atoms with Crippen molar-refractivity contribution >= 4 is 23.8 Å². The van der Waals surface area contributed by atoms with Crippen molar-refractivity contribution in [1.82, 2.24) is 25.3 Å². The maximum absolute atomic E-state index is 12.3. The second-order valence-electron chi connectivity index (χ2n) is 6.70. The second kappa shape index (κ2) is 10.5. The first-order chi connectivity index (χ1) is 15.0. The highest BCUT2D eigenvalue weighted by atomic mass is 35.5. The Morgan fingerprint density at radius 3 is 3.00 bits per heavy atom. The molecule has 1 atom stereocenters. The van der Waals surface area contributed by atoms with Crippen LogP contribution in [0.3, 0.4) is 0 Å². The number of aromatic nitrogens is 4. The highest BCUT2D eigenvalue weighted by Crippen LogP contribution is 2.24. The van der Waals surface area contributed by atoms with E-state index in [0.29, 0.717) is 42.4 Å².